The molecule has 0 fully saturated rings. The van der Waals surface area contributed by atoms with E-state index in [1.54, 1.807) is 6.07 Å². The van der Waals surface area contributed by atoms with Crippen molar-refractivity contribution in [3.8, 4) is 0 Å². The first-order valence-electron chi connectivity index (χ1n) is 6.32. The molecular formula is C14H12Cl3N3. The van der Waals surface area contributed by atoms with Crippen LogP contribution in [0.25, 0.3) is 0 Å². The maximum absolute atomic E-state index is 6.31. The maximum Gasteiger partial charge on any atom is 0.141 e. The second-order valence-corrected chi connectivity index (χ2v) is 5.92. The molecule has 2 heterocycles. The fourth-order valence-electron chi connectivity index (χ4n) is 2.44. The molecule has 0 amide bonds. The second kappa shape index (κ2) is 5.40. The summed E-state index contributed by atoms with van der Waals surface area (Å²) >= 11 is 18.5. The number of fused-ring (bicyclic) bond motifs is 1. The standard InChI is InChI=1S/C14H12Cl3N3/c1-8-18-13(17)10-3-2-6-20(14(10)19-8)12-5-4-9(15)7-11(12)16/h4-5,7H,2-3,6H2,1H3. The maximum atomic E-state index is 6.31. The minimum absolute atomic E-state index is 0.530. The lowest BCUT2D eigenvalue weighted by Crippen LogP contribution is -2.27. The number of rotatable bonds is 1. The molecule has 3 rings (SSSR count). The highest BCUT2D eigenvalue weighted by molar-refractivity contribution is 6.36. The van der Waals surface area contributed by atoms with Gasteiger partial charge in [0.15, 0.2) is 0 Å². The summed E-state index contributed by atoms with van der Waals surface area (Å²) in [5.74, 6) is 1.50. The van der Waals surface area contributed by atoms with Crippen molar-refractivity contribution in [3.63, 3.8) is 0 Å². The number of nitrogens with zero attached hydrogens (tertiary/aromatic N) is 3. The quantitative estimate of drug-likeness (QED) is 0.702. The molecule has 0 bridgehead atoms. The number of hydrogen-bond acceptors (Lipinski definition) is 3. The Balaban J connectivity index is 2.14. The molecule has 1 aliphatic heterocycles. The first kappa shape index (κ1) is 13.9. The van der Waals surface area contributed by atoms with Crippen LogP contribution in [-0.4, -0.2) is 16.5 Å². The molecule has 6 heteroatoms. The topological polar surface area (TPSA) is 29.0 Å². The molecular weight excluding hydrogens is 317 g/mol. The fourth-order valence-corrected chi connectivity index (χ4v) is 3.25. The van der Waals surface area contributed by atoms with Crippen LogP contribution in [0.1, 0.15) is 17.8 Å². The Kier molecular flexibility index (Phi) is 3.76. The van der Waals surface area contributed by atoms with Crippen molar-refractivity contribution in [2.24, 2.45) is 0 Å². The highest BCUT2D eigenvalue weighted by atomic mass is 35.5. The van der Waals surface area contributed by atoms with Crippen molar-refractivity contribution >= 4 is 46.3 Å². The zero-order valence-corrected chi connectivity index (χ0v) is 13.1. The van der Waals surface area contributed by atoms with Gasteiger partial charge in [0.05, 0.1) is 10.7 Å². The van der Waals surface area contributed by atoms with Crippen LogP contribution in [-0.2, 0) is 6.42 Å². The molecule has 0 saturated carbocycles. The SMILES string of the molecule is Cc1nc(Cl)c2c(n1)N(c1ccc(Cl)cc1Cl)CCC2. The van der Waals surface area contributed by atoms with Gasteiger partial charge in [-0.1, -0.05) is 34.8 Å². The van der Waals surface area contributed by atoms with Crippen LogP contribution >= 0.6 is 34.8 Å². The number of anilines is 2. The van der Waals surface area contributed by atoms with Gasteiger partial charge in [-0.15, -0.1) is 0 Å². The molecule has 0 atom stereocenters. The van der Waals surface area contributed by atoms with E-state index in [0.29, 0.717) is 21.0 Å². The summed E-state index contributed by atoms with van der Waals surface area (Å²) < 4.78 is 0. The molecule has 0 spiro atoms. The van der Waals surface area contributed by atoms with E-state index in [4.69, 9.17) is 34.8 Å². The molecule has 0 radical (unpaired) electrons. The van der Waals surface area contributed by atoms with Crippen LogP contribution < -0.4 is 4.90 Å². The molecule has 0 unspecified atom stereocenters. The molecule has 0 aliphatic carbocycles. The van der Waals surface area contributed by atoms with Gasteiger partial charge in [0, 0.05) is 17.1 Å². The average Bonchev–Trinajstić information content (AvgIpc) is 2.38. The summed E-state index contributed by atoms with van der Waals surface area (Å²) in [4.78, 5) is 10.8. The van der Waals surface area contributed by atoms with Crippen molar-refractivity contribution < 1.29 is 0 Å². The van der Waals surface area contributed by atoms with E-state index in [1.807, 2.05) is 19.1 Å². The van der Waals surface area contributed by atoms with Crippen LogP contribution in [0, 0.1) is 6.92 Å². The summed E-state index contributed by atoms with van der Waals surface area (Å²) in [5.41, 5.74) is 1.88. The van der Waals surface area contributed by atoms with Gasteiger partial charge in [-0.2, -0.15) is 0 Å². The first-order chi connectivity index (χ1) is 9.56. The van der Waals surface area contributed by atoms with Gasteiger partial charge < -0.3 is 4.90 Å². The Morgan fingerprint density at radius 2 is 1.95 bits per heavy atom. The van der Waals surface area contributed by atoms with Crippen LogP contribution in [0.15, 0.2) is 18.2 Å². The second-order valence-electron chi connectivity index (χ2n) is 4.71. The van der Waals surface area contributed by atoms with Crippen LogP contribution in [0.4, 0.5) is 11.5 Å². The van der Waals surface area contributed by atoms with Crippen molar-refractivity contribution in [2.75, 3.05) is 11.4 Å². The molecule has 2 aromatic rings. The fraction of sp³-hybridized carbons (Fsp3) is 0.286. The van der Waals surface area contributed by atoms with Gasteiger partial charge in [0.2, 0.25) is 0 Å². The molecule has 0 saturated heterocycles. The van der Waals surface area contributed by atoms with E-state index < -0.39 is 0 Å². The largest absolute Gasteiger partial charge is 0.325 e. The van der Waals surface area contributed by atoms with Crippen LogP contribution in [0.2, 0.25) is 15.2 Å². The Bertz CT molecular complexity index is 673. The summed E-state index contributed by atoms with van der Waals surface area (Å²) in [6.07, 6.45) is 1.87. The Labute approximate surface area is 132 Å². The number of aromatic nitrogens is 2. The summed E-state index contributed by atoms with van der Waals surface area (Å²) in [7, 11) is 0. The van der Waals surface area contributed by atoms with E-state index in [1.165, 1.54) is 0 Å². The Hall–Kier alpha value is -1.03. The molecule has 0 N–H and O–H groups in total. The Morgan fingerprint density at radius 1 is 1.15 bits per heavy atom. The van der Waals surface area contributed by atoms with Gasteiger partial charge in [0.1, 0.15) is 16.8 Å². The number of hydrogen-bond donors (Lipinski definition) is 0. The molecule has 1 aliphatic rings. The third-order valence-corrected chi connectivity index (χ3v) is 4.16. The highest BCUT2D eigenvalue weighted by Crippen LogP contribution is 2.38. The van der Waals surface area contributed by atoms with Gasteiger partial charge in [-0.25, -0.2) is 9.97 Å². The van der Waals surface area contributed by atoms with Gasteiger partial charge >= 0.3 is 0 Å². The summed E-state index contributed by atoms with van der Waals surface area (Å²) in [6.45, 7) is 2.68. The van der Waals surface area contributed by atoms with Crippen molar-refractivity contribution in [1.82, 2.24) is 9.97 Å². The van der Waals surface area contributed by atoms with Gasteiger partial charge in [-0.05, 0) is 38.0 Å². The monoisotopic (exact) mass is 327 g/mol. The first-order valence-corrected chi connectivity index (χ1v) is 7.45. The molecule has 104 valence electrons. The van der Waals surface area contributed by atoms with E-state index in [9.17, 15) is 0 Å². The molecule has 1 aromatic carbocycles. The number of benzene rings is 1. The summed E-state index contributed by atoms with van der Waals surface area (Å²) in [5, 5.41) is 1.76. The third-order valence-electron chi connectivity index (χ3n) is 3.31. The summed E-state index contributed by atoms with van der Waals surface area (Å²) in [6, 6.07) is 5.47. The Morgan fingerprint density at radius 3 is 2.70 bits per heavy atom. The minimum Gasteiger partial charge on any atom is -0.325 e. The minimum atomic E-state index is 0.530. The van der Waals surface area contributed by atoms with Crippen molar-refractivity contribution in [3.05, 3.63) is 44.8 Å². The van der Waals surface area contributed by atoms with E-state index >= 15 is 0 Å². The molecule has 1 aromatic heterocycles. The van der Waals surface area contributed by atoms with Gasteiger partial charge in [-0.3, -0.25) is 0 Å². The molecule has 20 heavy (non-hydrogen) atoms. The average molecular weight is 329 g/mol. The van der Waals surface area contributed by atoms with Crippen molar-refractivity contribution in [2.45, 2.75) is 19.8 Å². The van der Waals surface area contributed by atoms with E-state index in [2.05, 4.69) is 14.9 Å². The van der Waals surface area contributed by atoms with Crippen LogP contribution in [0.3, 0.4) is 0 Å². The highest BCUT2D eigenvalue weighted by Gasteiger charge is 2.24. The third kappa shape index (κ3) is 2.46. The van der Waals surface area contributed by atoms with Gasteiger partial charge in [0.25, 0.3) is 0 Å². The molecule has 3 nitrogen and oxygen atoms in total. The predicted molar refractivity (Wildman–Crippen MR) is 83.6 cm³/mol. The van der Waals surface area contributed by atoms with E-state index in [0.717, 1.165) is 36.5 Å². The number of aryl methyl sites for hydroxylation is 1. The smallest absolute Gasteiger partial charge is 0.141 e. The zero-order chi connectivity index (χ0) is 14.3. The van der Waals surface area contributed by atoms with E-state index in [-0.39, 0.29) is 0 Å². The lowest BCUT2D eigenvalue weighted by molar-refractivity contribution is 0.741. The number of halogens is 3. The lowest BCUT2D eigenvalue weighted by atomic mass is 10.1. The normalized spacial score (nSPS) is 14.3. The predicted octanol–water partition coefficient (Wildman–Crippen LogP) is 4.83. The van der Waals surface area contributed by atoms with Crippen molar-refractivity contribution in [1.29, 1.82) is 0 Å². The van der Waals surface area contributed by atoms with Crippen LogP contribution in [0.5, 0.6) is 0 Å². The zero-order valence-electron chi connectivity index (χ0n) is 10.8. The lowest BCUT2D eigenvalue weighted by Gasteiger charge is -2.31.